The summed E-state index contributed by atoms with van der Waals surface area (Å²) in [6.07, 6.45) is 0. The number of hydrogen-bond donors (Lipinski definition) is 2. The Balaban J connectivity index is 2.69. The van der Waals surface area contributed by atoms with Crippen LogP contribution in [0.4, 0.5) is 4.79 Å². The summed E-state index contributed by atoms with van der Waals surface area (Å²) in [4.78, 5) is 24.9. The van der Waals surface area contributed by atoms with Crippen LogP contribution in [-0.2, 0) is 11.3 Å². The Hall–Kier alpha value is -2.04. The van der Waals surface area contributed by atoms with Gasteiger partial charge in [-0.2, -0.15) is 0 Å². The van der Waals surface area contributed by atoms with Crippen molar-refractivity contribution >= 4 is 12.0 Å². The molecule has 0 bridgehead atoms. The molecule has 5 nitrogen and oxygen atoms in total. The highest BCUT2D eigenvalue weighted by atomic mass is 16.4. The Kier molecular flexibility index (Phi) is 6.03. The van der Waals surface area contributed by atoms with Crippen LogP contribution < -0.4 is 5.32 Å². The molecular weight excluding hydrogens is 256 g/mol. The monoisotopic (exact) mass is 278 g/mol. The molecule has 0 saturated carbocycles. The first-order valence-electron chi connectivity index (χ1n) is 6.77. The third kappa shape index (κ3) is 4.57. The fraction of sp³-hybridized carbons (Fsp3) is 0.467. The van der Waals surface area contributed by atoms with E-state index in [1.807, 2.05) is 37.3 Å². The summed E-state index contributed by atoms with van der Waals surface area (Å²) in [5.74, 6) is -1.17. The maximum Gasteiger partial charge on any atom is 0.326 e. The highest BCUT2D eigenvalue weighted by Crippen LogP contribution is 2.07. The minimum absolute atomic E-state index is 0.160. The van der Waals surface area contributed by atoms with E-state index in [0.29, 0.717) is 13.1 Å². The van der Waals surface area contributed by atoms with Gasteiger partial charge in [-0.1, -0.05) is 44.2 Å². The van der Waals surface area contributed by atoms with Crippen LogP contribution >= 0.6 is 0 Å². The van der Waals surface area contributed by atoms with Gasteiger partial charge in [0.05, 0.1) is 0 Å². The Morgan fingerprint density at radius 3 is 2.30 bits per heavy atom. The van der Waals surface area contributed by atoms with Gasteiger partial charge in [0.2, 0.25) is 0 Å². The first-order valence-corrected chi connectivity index (χ1v) is 6.77. The van der Waals surface area contributed by atoms with E-state index in [1.54, 1.807) is 18.7 Å². The van der Waals surface area contributed by atoms with E-state index in [2.05, 4.69) is 5.32 Å². The maximum atomic E-state index is 12.1. The molecular formula is C15H22N2O3. The van der Waals surface area contributed by atoms with Crippen molar-refractivity contribution in [2.24, 2.45) is 5.92 Å². The number of carboxylic acid groups (broad SMARTS) is 1. The zero-order valence-electron chi connectivity index (χ0n) is 12.2. The lowest BCUT2D eigenvalue weighted by molar-refractivity contribution is -0.140. The van der Waals surface area contributed by atoms with Crippen LogP contribution in [0.5, 0.6) is 0 Å². The first kappa shape index (κ1) is 16.0. The molecule has 1 atom stereocenters. The molecule has 0 spiro atoms. The summed E-state index contributed by atoms with van der Waals surface area (Å²) in [5, 5.41) is 11.7. The zero-order valence-corrected chi connectivity index (χ0v) is 12.2. The fourth-order valence-corrected chi connectivity index (χ4v) is 1.87. The van der Waals surface area contributed by atoms with Crippen molar-refractivity contribution < 1.29 is 14.7 Å². The average molecular weight is 278 g/mol. The molecule has 0 aromatic heterocycles. The van der Waals surface area contributed by atoms with Crippen LogP contribution in [0.3, 0.4) is 0 Å². The van der Waals surface area contributed by atoms with Gasteiger partial charge in [0.15, 0.2) is 0 Å². The molecule has 110 valence electrons. The van der Waals surface area contributed by atoms with E-state index in [1.165, 1.54) is 0 Å². The van der Waals surface area contributed by atoms with E-state index < -0.39 is 12.0 Å². The smallest absolute Gasteiger partial charge is 0.326 e. The van der Waals surface area contributed by atoms with Crippen molar-refractivity contribution in [2.45, 2.75) is 33.4 Å². The van der Waals surface area contributed by atoms with Crippen LogP contribution in [0, 0.1) is 5.92 Å². The van der Waals surface area contributed by atoms with Crippen LogP contribution in [-0.4, -0.2) is 34.6 Å². The van der Waals surface area contributed by atoms with E-state index in [9.17, 15) is 9.59 Å². The molecule has 0 aliphatic rings. The molecule has 20 heavy (non-hydrogen) atoms. The third-order valence-electron chi connectivity index (χ3n) is 3.10. The number of benzene rings is 1. The zero-order chi connectivity index (χ0) is 15.1. The van der Waals surface area contributed by atoms with Gasteiger partial charge in [-0.3, -0.25) is 0 Å². The minimum Gasteiger partial charge on any atom is -0.480 e. The first-order chi connectivity index (χ1) is 9.45. The molecule has 1 rings (SSSR count). The number of hydrogen-bond acceptors (Lipinski definition) is 2. The third-order valence-corrected chi connectivity index (χ3v) is 3.10. The van der Waals surface area contributed by atoms with Gasteiger partial charge in [-0.05, 0) is 18.4 Å². The van der Waals surface area contributed by atoms with Crippen LogP contribution in [0.2, 0.25) is 0 Å². The van der Waals surface area contributed by atoms with Gasteiger partial charge in [0.25, 0.3) is 0 Å². The van der Waals surface area contributed by atoms with Crippen molar-refractivity contribution in [1.82, 2.24) is 10.2 Å². The molecule has 2 amide bonds. The largest absolute Gasteiger partial charge is 0.480 e. The quantitative estimate of drug-likeness (QED) is 0.839. The standard InChI is InChI=1S/C15H22N2O3/c1-4-17(10-12-8-6-5-7-9-12)15(20)16-13(11(2)3)14(18)19/h5-9,11,13H,4,10H2,1-3H3,(H,16,20)(H,18,19)/t13-/m0/s1. The van der Waals surface area contributed by atoms with E-state index in [-0.39, 0.29) is 11.9 Å². The SMILES string of the molecule is CCN(Cc1ccccc1)C(=O)N[C@H](C(=O)O)C(C)C. The molecule has 0 heterocycles. The molecule has 2 N–H and O–H groups in total. The number of carbonyl (C=O) groups is 2. The van der Waals surface area contributed by atoms with Crippen LogP contribution in [0.15, 0.2) is 30.3 Å². The summed E-state index contributed by atoms with van der Waals surface area (Å²) in [7, 11) is 0. The van der Waals surface area contributed by atoms with Crippen molar-refractivity contribution in [3.63, 3.8) is 0 Å². The maximum absolute atomic E-state index is 12.1. The van der Waals surface area contributed by atoms with Crippen molar-refractivity contribution in [2.75, 3.05) is 6.54 Å². The summed E-state index contributed by atoms with van der Waals surface area (Å²) in [5.41, 5.74) is 1.01. The van der Waals surface area contributed by atoms with Crippen molar-refractivity contribution in [3.8, 4) is 0 Å². The molecule has 0 saturated heterocycles. The van der Waals surface area contributed by atoms with Gasteiger partial charge >= 0.3 is 12.0 Å². The van der Waals surface area contributed by atoms with Crippen LogP contribution in [0.25, 0.3) is 0 Å². The molecule has 0 aliphatic carbocycles. The van der Waals surface area contributed by atoms with E-state index >= 15 is 0 Å². The van der Waals surface area contributed by atoms with E-state index in [4.69, 9.17) is 5.11 Å². The van der Waals surface area contributed by atoms with Gasteiger partial charge < -0.3 is 15.3 Å². The summed E-state index contributed by atoms with van der Waals surface area (Å²) in [6.45, 7) is 6.39. The van der Waals surface area contributed by atoms with Crippen molar-refractivity contribution in [1.29, 1.82) is 0 Å². The number of amides is 2. The molecule has 5 heteroatoms. The molecule has 0 fully saturated rings. The topological polar surface area (TPSA) is 69.6 Å². The van der Waals surface area contributed by atoms with Gasteiger partial charge in [-0.25, -0.2) is 9.59 Å². The lowest BCUT2D eigenvalue weighted by Crippen LogP contribution is -2.49. The van der Waals surface area contributed by atoms with Crippen LogP contribution in [0.1, 0.15) is 26.3 Å². The average Bonchev–Trinajstić information content (AvgIpc) is 2.42. The Bertz CT molecular complexity index is 446. The molecule has 0 unspecified atom stereocenters. The number of carboxylic acids is 1. The second kappa shape index (κ2) is 7.53. The second-order valence-electron chi connectivity index (χ2n) is 5.01. The number of aliphatic carboxylic acids is 1. The summed E-state index contributed by atoms with van der Waals surface area (Å²) in [6, 6.07) is 8.40. The lowest BCUT2D eigenvalue weighted by Gasteiger charge is -2.25. The van der Waals surface area contributed by atoms with Gasteiger partial charge in [0.1, 0.15) is 6.04 Å². The highest BCUT2D eigenvalue weighted by molar-refractivity contribution is 5.82. The Labute approximate surface area is 119 Å². The van der Waals surface area contributed by atoms with Gasteiger partial charge in [0, 0.05) is 13.1 Å². The Morgan fingerprint density at radius 2 is 1.85 bits per heavy atom. The van der Waals surface area contributed by atoms with Crippen molar-refractivity contribution in [3.05, 3.63) is 35.9 Å². The predicted molar refractivity (Wildman–Crippen MR) is 77.3 cm³/mol. The number of carbonyl (C=O) groups excluding carboxylic acids is 1. The Morgan fingerprint density at radius 1 is 1.25 bits per heavy atom. The van der Waals surface area contributed by atoms with E-state index in [0.717, 1.165) is 5.56 Å². The minimum atomic E-state index is -1.01. The molecule has 1 aromatic carbocycles. The molecule has 1 aromatic rings. The highest BCUT2D eigenvalue weighted by Gasteiger charge is 2.25. The normalized spacial score (nSPS) is 12.0. The number of rotatable bonds is 6. The second-order valence-corrected chi connectivity index (χ2v) is 5.01. The fourth-order valence-electron chi connectivity index (χ4n) is 1.87. The lowest BCUT2D eigenvalue weighted by atomic mass is 10.1. The predicted octanol–water partition coefficient (Wildman–Crippen LogP) is 2.33. The summed E-state index contributed by atoms with van der Waals surface area (Å²) >= 11 is 0. The number of nitrogens with one attached hydrogen (secondary N) is 1. The number of nitrogens with zero attached hydrogens (tertiary/aromatic N) is 1. The summed E-state index contributed by atoms with van der Waals surface area (Å²) < 4.78 is 0. The number of urea groups is 1. The molecule has 0 radical (unpaired) electrons. The molecule has 0 aliphatic heterocycles. The van der Waals surface area contributed by atoms with Gasteiger partial charge in [-0.15, -0.1) is 0 Å².